The van der Waals surface area contributed by atoms with E-state index in [4.69, 9.17) is 10.5 Å². The maximum absolute atomic E-state index is 12.7. The minimum Gasteiger partial charge on any atom is -0.462 e. The van der Waals surface area contributed by atoms with Crippen LogP contribution in [0.15, 0.2) is 28.0 Å². The Hall–Kier alpha value is -1.82. The lowest BCUT2D eigenvalue weighted by Gasteiger charge is -2.35. The van der Waals surface area contributed by atoms with E-state index in [0.717, 1.165) is 37.2 Å². The van der Waals surface area contributed by atoms with Crippen molar-refractivity contribution in [3.8, 4) is 0 Å². The molecule has 0 radical (unpaired) electrons. The topological polar surface area (TPSA) is 88.7 Å². The molecule has 2 aliphatic heterocycles. The SMILES string of the molecule is CCCCCC1(N)C2=CNNC2=NC(C)=C1C(=O)OCCC1CC1. The number of allylic oxidation sites excluding steroid dienone is 1. The number of nitrogens with two attached hydrogens (primary N) is 1. The van der Waals surface area contributed by atoms with Crippen molar-refractivity contribution in [3.05, 3.63) is 23.0 Å². The first-order valence-electron chi connectivity index (χ1n) is 9.05. The minimum atomic E-state index is -0.844. The van der Waals surface area contributed by atoms with Gasteiger partial charge in [-0.2, -0.15) is 0 Å². The maximum Gasteiger partial charge on any atom is 0.338 e. The quantitative estimate of drug-likeness (QED) is 0.469. The lowest BCUT2D eigenvalue weighted by atomic mass is 9.76. The van der Waals surface area contributed by atoms with Gasteiger partial charge < -0.3 is 15.9 Å². The van der Waals surface area contributed by atoms with Crippen LogP contribution >= 0.6 is 0 Å². The van der Waals surface area contributed by atoms with Gasteiger partial charge in [0.05, 0.1) is 23.4 Å². The van der Waals surface area contributed by atoms with E-state index in [0.29, 0.717) is 30.1 Å². The molecule has 0 saturated heterocycles. The number of hydrogen-bond donors (Lipinski definition) is 3. The van der Waals surface area contributed by atoms with E-state index in [1.807, 2.05) is 13.1 Å². The lowest BCUT2D eigenvalue weighted by molar-refractivity contribution is -0.140. The predicted molar refractivity (Wildman–Crippen MR) is 93.8 cm³/mol. The Morgan fingerprint density at radius 1 is 1.46 bits per heavy atom. The van der Waals surface area contributed by atoms with Crippen LogP contribution in [0.3, 0.4) is 0 Å². The Morgan fingerprint density at radius 3 is 2.96 bits per heavy atom. The molecule has 6 nitrogen and oxygen atoms in total. The van der Waals surface area contributed by atoms with Crippen LogP contribution in [-0.2, 0) is 9.53 Å². The molecule has 1 fully saturated rings. The van der Waals surface area contributed by atoms with Crippen LogP contribution in [-0.4, -0.2) is 24.0 Å². The average Bonchev–Trinajstić information content (AvgIpc) is 3.23. The number of aliphatic imine (C=N–C) groups is 1. The van der Waals surface area contributed by atoms with Gasteiger partial charge >= 0.3 is 5.97 Å². The minimum absolute atomic E-state index is 0.317. The Kier molecular flexibility index (Phi) is 4.94. The molecule has 3 aliphatic rings. The first-order valence-corrected chi connectivity index (χ1v) is 9.05. The van der Waals surface area contributed by atoms with E-state index in [2.05, 4.69) is 22.8 Å². The van der Waals surface area contributed by atoms with E-state index in [-0.39, 0.29) is 5.97 Å². The highest BCUT2D eigenvalue weighted by Crippen LogP contribution is 2.37. The number of esters is 1. The third-order valence-electron chi connectivity index (χ3n) is 5.07. The second-order valence-corrected chi connectivity index (χ2v) is 7.04. The first-order chi connectivity index (χ1) is 11.6. The molecule has 24 heavy (non-hydrogen) atoms. The third kappa shape index (κ3) is 3.34. The van der Waals surface area contributed by atoms with Crippen molar-refractivity contribution in [3.63, 3.8) is 0 Å². The van der Waals surface area contributed by atoms with Gasteiger partial charge in [0.2, 0.25) is 0 Å². The van der Waals surface area contributed by atoms with Crippen LogP contribution < -0.4 is 16.6 Å². The summed E-state index contributed by atoms with van der Waals surface area (Å²) in [6, 6.07) is 0. The van der Waals surface area contributed by atoms with Crippen LogP contribution in [0.1, 0.15) is 58.8 Å². The Bertz CT molecular complexity index is 604. The molecule has 0 aromatic heterocycles. The number of carbonyl (C=O) groups is 1. The van der Waals surface area contributed by atoms with Gasteiger partial charge in [-0.3, -0.25) is 5.43 Å². The smallest absolute Gasteiger partial charge is 0.338 e. The average molecular weight is 332 g/mol. The molecule has 0 spiro atoms. The van der Waals surface area contributed by atoms with Crippen LogP contribution in [0, 0.1) is 5.92 Å². The fourth-order valence-electron chi connectivity index (χ4n) is 3.46. The van der Waals surface area contributed by atoms with E-state index in [1.165, 1.54) is 12.8 Å². The molecule has 1 aliphatic carbocycles. The zero-order valence-electron chi connectivity index (χ0n) is 14.7. The van der Waals surface area contributed by atoms with Crippen molar-refractivity contribution in [2.75, 3.05) is 6.61 Å². The summed E-state index contributed by atoms with van der Waals surface area (Å²) < 4.78 is 5.54. The monoisotopic (exact) mass is 332 g/mol. The maximum atomic E-state index is 12.7. The van der Waals surface area contributed by atoms with Crippen LogP contribution in [0.2, 0.25) is 0 Å². The summed E-state index contributed by atoms with van der Waals surface area (Å²) in [5, 5.41) is 0. The van der Waals surface area contributed by atoms with Crippen LogP contribution in [0.4, 0.5) is 0 Å². The molecule has 1 atom stereocenters. The number of unbranched alkanes of at least 4 members (excludes halogenated alkanes) is 2. The highest BCUT2D eigenvalue weighted by atomic mass is 16.5. The van der Waals surface area contributed by atoms with Gasteiger partial charge in [0.25, 0.3) is 0 Å². The van der Waals surface area contributed by atoms with Crippen molar-refractivity contribution in [2.24, 2.45) is 16.6 Å². The van der Waals surface area contributed by atoms with Crippen LogP contribution in [0.25, 0.3) is 0 Å². The number of hydrazine groups is 1. The van der Waals surface area contributed by atoms with E-state index in [9.17, 15) is 4.79 Å². The van der Waals surface area contributed by atoms with Crippen LogP contribution in [0.5, 0.6) is 0 Å². The fourth-order valence-corrected chi connectivity index (χ4v) is 3.46. The molecular weight excluding hydrogens is 304 g/mol. The molecule has 1 unspecified atom stereocenters. The summed E-state index contributed by atoms with van der Waals surface area (Å²) in [4.78, 5) is 17.2. The van der Waals surface area contributed by atoms with Gasteiger partial charge in [-0.25, -0.2) is 9.79 Å². The van der Waals surface area contributed by atoms with E-state index in [1.54, 1.807) is 0 Å². The summed E-state index contributed by atoms with van der Waals surface area (Å²) >= 11 is 0. The highest BCUT2D eigenvalue weighted by molar-refractivity contribution is 6.08. The standard InChI is InChI=1S/C18H28N4O2/c1-3-4-5-9-18(19)14-11-20-22-16(14)21-12(2)15(18)17(23)24-10-8-13-6-7-13/h11,13H,3-10,19H2,1-2H3,(H2,20,21,22). The Balaban J connectivity index is 1.80. The Labute approximate surface area is 143 Å². The number of rotatable bonds is 8. The summed E-state index contributed by atoms with van der Waals surface area (Å²) in [5.41, 5.74) is 13.9. The second kappa shape index (κ2) is 6.97. The zero-order valence-corrected chi connectivity index (χ0v) is 14.7. The zero-order chi connectivity index (χ0) is 17.2. The summed E-state index contributed by atoms with van der Waals surface area (Å²) in [7, 11) is 0. The van der Waals surface area contributed by atoms with Gasteiger partial charge in [-0.1, -0.05) is 39.0 Å². The normalized spacial score (nSPS) is 25.5. The van der Waals surface area contributed by atoms with Crippen molar-refractivity contribution in [1.29, 1.82) is 0 Å². The summed E-state index contributed by atoms with van der Waals surface area (Å²) in [6.45, 7) is 4.46. The third-order valence-corrected chi connectivity index (χ3v) is 5.07. The number of fused-ring (bicyclic) bond motifs is 1. The molecule has 2 heterocycles. The second-order valence-electron chi connectivity index (χ2n) is 7.04. The van der Waals surface area contributed by atoms with Crippen molar-refractivity contribution >= 4 is 11.8 Å². The molecule has 0 aromatic carbocycles. The molecule has 0 bridgehead atoms. The number of nitrogens with one attached hydrogen (secondary N) is 2. The van der Waals surface area contributed by atoms with Gasteiger partial charge in [0.15, 0.2) is 5.84 Å². The van der Waals surface area contributed by atoms with E-state index >= 15 is 0 Å². The molecular formula is C18H28N4O2. The largest absolute Gasteiger partial charge is 0.462 e. The van der Waals surface area contributed by atoms with Crippen molar-refractivity contribution in [2.45, 2.75) is 64.3 Å². The number of amidine groups is 1. The number of ether oxygens (including phenoxy) is 1. The lowest BCUT2D eigenvalue weighted by Crippen LogP contribution is -2.51. The van der Waals surface area contributed by atoms with Gasteiger partial charge in [0, 0.05) is 11.8 Å². The van der Waals surface area contributed by atoms with Crippen molar-refractivity contribution in [1.82, 2.24) is 10.9 Å². The molecule has 0 amide bonds. The fraction of sp³-hybridized carbons (Fsp3) is 0.667. The van der Waals surface area contributed by atoms with Gasteiger partial charge in [-0.15, -0.1) is 0 Å². The molecule has 1 saturated carbocycles. The number of hydrogen-bond acceptors (Lipinski definition) is 6. The first kappa shape index (κ1) is 17.0. The van der Waals surface area contributed by atoms with E-state index < -0.39 is 5.54 Å². The molecule has 6 heteroatoms. The molecule has 3 rings (SSSR count). The molecule has 4 N–H and O–H groups in total. The summed E-state index contributed by atoms with van der Waals surface area (Å²) in [6.07, 6.45) is 9.15. The van der Waals surface area contributed by atoms with Crippen molar-refractivity contribution < 1.29 is 9.53 Å². The number of nitrogens with zero attached hydrogens (tertiary/aromatic N) is 1. The predicted octanol–water partition coefficient (Wildman–Crippen LogP) is 2.29. The highest BCUT2D eigenvalue weighted by Gasteiger charge is 2.45. The molecule has 132 valence electrons. The summed E-state index contributed by atoms with van der Waals surface area (Å²) in [5.74, 6) is 1.13. The van der Waals surface area contributed by atoms with Gasteiger partial charge in [-0.05, 0) is 25.7 Å². The molecule has 0 aromatic rings. The van der Waals surface area contributed by atoms with Gasteiger partial charge in [0.1, 0.15) is 0 Å². The number of carbonyl (C=O) groups excluding carboxylic acids is 1. The Morgan fingerprint density at radius 2 is 2.25 bits per heavy atom.